The van der Waals surface area contributed by atoms with Crippen molar-refractivity contribution in [2.24, 2.45) is 0 Å². The van der Waals surface area contributed by atoms with Gasteiger partial charge in [0, 0.05) is 17.1 Å². The Kier molecular flexibility index (Phi) is 3.71. The van der Waals surface area contributed by atoms with Crippen molar-refractivity contribution in [2.75, 3.05) is 0 Å². The summed E-state index contributed by atoms with van der Waals surface area (Å²) in [5.41, 5.74) is 0.869. The van der Waals surface area contributed by atoms with Crippen molar-refractivity contribution in [3.8, 4) is 5.75 Å². The van der Waals surface area contributed by atoms with Crippen LogP contribution in [0.5, 0.6) is 5.75 Å². The van der Waals surface area contributed by atoms with Crippen LogP contribution in [0.4, 0.5) is 0 Å². The lowest BCUT2D eigenvalue weighted by Crippen LogP contribution is -1.91. The summed E-state index contributed by atoms with van der Waals surface area (Å²) >= 11 is 5.18. The summed E-state index contributed by atoms with van der Waals surface area (Å²) in [5, 5.41) is 0.789. The summed E-state index contributed by atoms with van der Waals surface area (Å²) in [7, 11) is -3.66. The highest BCUT2D eigenvalue weighted by molar-refractivity contribution is 9.07. The Morgan fingerprint density at radius 3 is 2.56 bits per heavy atom. The fourth-order valence-corrected chi connectivity index (χ4v) is 2.93. The predicted octanol–water partition coefficient (Wildman–Crippen LogP) is 4.31. The number of hydrogen-bond donors (Lipinski definition) is 1. The first kappa shape index (κ1) is 12.1. The van der Waals surface area contributed by atoms with E-state index in [0.29, 0.717) is 5.75 Å². The maximum Gasteiger partial charge on any atom is 0.552 e. The number of H-pyrrole nitrogens is 1. The molecule has 0 amide bonds. The molecule has 0 aliphatic rings. The van der Waals surface area contributed by atoms with Crippen molar-refractivity contribution < 1.29 is 16.3 Å². The van der Waals surface area contributed by atoms with Crippen LogP contribution in [-0.4, -0.2) is 4.98 Å². The standard InChI is InChI=1S/C8H6Br2NO4P/c9-14-16(12,15-10)13-8-5-11-7-4-2-1-3-6(7)8/h1-5,11H. The lowest BCUT2D eigenvalue weighted by Gasteiger charge is -2.10. The minimum Gasteiger partial charge on any atom is -0.401 e. The summed E-state index contributed by atoms with van der Waals surface area (Å²) < 4.78 is 25.8. The van der Waals surface area contributed by atoms with Gasteiger partial charge in [-0.1, -0.05) is 12.1 Å². The van der Waals surface area contributed by atoms with Crippen LogP contribution in [-0.2, 0) is 11.8 Å². The lowest BCUT2D eigenvalue weighted by atomic mass is 10.2. The number of aromatic nitrogens is 1. The van der Waals surface area contributed by atoms with Crippen LogP contribution in [0.25, 0.3) is 10.9 Å². The summed E-state index contributed by atoms with van der Waals surface area (Å²) in [6.07, 6.45) is 1.58. The number of para-hydroxylation sites is 1. The van der Waals surface area contributed by atoms with Gasteiger partial charge in [-0.3, -0.25) is 0 Å². The number of aromatic amines is 1. The van der Waals surface area contributed by atoms with E-state index in [2.05, 4.69) is 44.7 Å². The molecule has 0 radical (unpaired) electrons. The van der Waals surface area contributed by atoms with Crippen molar-refractivity contribution in [1.82, 2.24) is 4.98 Å². The van der Waals surface area contributed by atoms with Gasteiger partial charge in [0.2, 0.25) is 0 Å². The molecule has 0 saturated carbocycles. The molecular formula is C8H6Br2NO4P. The van der Waals surface area contributed by atoms with E-state index in [-0.39, 0.29) is 0 Å². The molecule has 0 fully saturated rings. The van der Waals surface area contributed by atoms with Gasteiger partial charge in [0.25, 0.3) is 0 Å². The predicted molar refractivity (Wildman–Crippen MR) is 66.6 cm³/mol. The zero-order chi connectivity index (χ0) is 11.6. The molecule has 16 heavy (non-hydrogen) atoms. The average molecular weight is 371 g/mol. The molecule has 0 spiro atoms. The van der Waals surface area contributed by atoms with Gasteiger partial charge in [0.1, 0.15) is 32.5 Å². The second-order valence-corrected chi connectivity index (χ2v) is 5.97. The van der Waals surface area contributed by atoms with Crippen molar-refractivity contribution >= 4 is 51.2 Å². The Labute approximate surface area is 109 Å². The molecule has 2 aromatic rings. The van der Waals surface area contributed by atoms with Gasteiger partial charge in [-0.25, -0.2) is 4.57 Å². The van der Waals surface area contributed by atoms with Gasteiger partial charge in [0.05, 0.1) is 0 Å². The lowest BCUT2D eigenvalue weighted by molar-refractivity contribution is 0.344. The van der Waals surface area contributed by atoms with Crippen LogP contribution < -0.4 is 4.52 Å². The fraction of sp³-hybridized carbons (Fsp3) is 0. The zero-order valence-corrected chi connectivity index (χ0v) is 11.8. The fourth-order valence-electron chi connectivity index (χ4n) is 1.28. The van der Waals surface area contributed by atoms with E-state index in [4.69, 9.17) is 4.52 Å². The first-order valence-corrected chi connectivity index (χ1v) is 6.90. The number of phosphoric acid groups is 1. The molecule has 0 bridgehead atoms. The first-order chi connectivity index (χ1) is 7.68. The Morgan fingerprint density at radius 2 is 1.88 bits per heavy atom. The number of halogens is 2. The monoisotopic (exact) mass is 369 g/mol. The summed E-state index contributed by atoms with van der Waals surface area (Å²) in [6.45, 7) is 0. The van der Waals surface area contributed by atoms with Gasteiger partial charge < -0.3 is 9.51 Å². The van der Waals surface area contributed by atoms with Gasteiger partial charge in [-0.05, 0) is 12.1 Å². The van der Waals surface area contributed by atoms with Gasteiger partial charge in [0.15, 0.2) is 5.75 Å². The van der Waals surface area contributed by atoms with Crippen LogP contribution in [0, 0.1) is 0 Å². The van der Waals surface area contributed by atoms with E-state index in [9.17, 15) is 4.57 Å². The van der Waals surface area contributed by atoms with Crippen molar-refractivity contribution in [2.45, 2.75) is 0 Å². The molecule has 1 heterocycles. The summed E-state index contributed by atoms with van der Waals surface area (Å²) in [5.74, 6) is 0.387. The third-order valence-electron chi connectivity index (χ3n) is 1.93. The molecular weight excluding hydrogens is 365 g/mol. The van der Waals surface area contributed by atoms with E-state index >= 15 is 0 Å². The highest BCUT2D eigenvalue weighted by Crippen LogP contribution is 2.53. The second kappa shape index (κ2) is 4.89. The second-order valence-electron chi connectivity index (χ2n) is 2.88. The van der Waals surface area contributed by atoms with Crippen LogP contribution >= 0.6 is 40.3 Å². The largest absolute Gasteiger partial charge is 0.552 e. The van der Waals surface area contributed by atoms with Gasteiger partial charge in [-0.15, -0.1) is 0 Å². The number of nitrogens with one attached hydrogen (secondary N) is 1. The van der Waals surface area contributed by atoms with Crippen LogP contribution in [0.15, 0.2) is 30.5 Å². The van der Waals surface area contributed by atoms with Crippen LogP contribution in [0.3, 0.4) is 0 Å². The Bertz CT molecular complexity index is 536. The topological polar surface area (TPSA) is 60.6 Å². The summed E-state index contributed by atoms with van der Waals surface area (Å²) in [6, 6.07) is 7.42. The SMILES string of the molecule is O=P(OBr)(OBr)Oc1c[nH]c2ccccc12. The molecule has 1 N–H and O–H groups in total. The highest BCUT2D eigenvalue weighted by atomic mass is 79.9. The Balaban J connectivity index is 2.38. The zero-order valence-electron chi connectivity index (χ0n) is 7.72. The molecule has 2 rings (SSSR count). The molecule has 0 aliphatic carbocycles. The highest BCUT2D eigenvalue weighted by Gasteiger charge is 2.28. The van der Waals surface area contributed by atoms with Crippen molar-refractivity contribution in [1.29, 1.82) is 0 Å². The van der Waals surface area contributed by atoms with E-state index in [1.807, 2.05) is 24.3 Å². The minimum atomic E-state index is -3.66. The van der Waals surface area contributed by atoms with E-state index in [1.165, 1.54) is 0 Å². The third-order valence-corrected chi connectivity index (χ3v) is 4.82. The number of benzene rings is 1. The van der Waals surface area contributed by atoms with E-state index in [0.717, 1.165) is 10.9 Å². The van der Waals surface area contributed by atoms with Crippen LogP contribution in [0.1, 0.15) is 0 Å². The molecule has 8 heteroatoms. The van der Waals surface area contributed by atoms with Gasteiger partial charge >= 0.3 is 7.82 Å². The van der Waals surface area contributed by atoms with Gasteiger partial charge in [-0.2, -0.15) is 7.23 Å². The molecule has 1 aromatic carbocycles. The Morgan fingerprint density at radius 1 is 1.19 bits per heavy atom. The third kappa shape index (κ3) is 2.33. The molecule has 0 saturated heterocycles. The molecule has 86 valence electrons. The normalized spacial score (nSPS) is 11.9. The van der Waals surface area contributed by atoms with E-state index in [1.54, 1.807) is 6.20 Å². The molecule has 0 aliphatic heterocycles. The average Bonchev–Trinajstić information content (AvgIpc) is 2.73. The number of rotatable bonds is 4. The molecule has 0 unspecified atom stereocenters. The van der Waals surface area contributed by atoms with Crippen LogP contribution in [0.2, 0.25) is 0 Å². The van der Waals surface area contributed by atoms with E-state index < -0.39 is 7.82 Å². The number of hydrogen-bond acceptors (Lipinski definition) is 4. The molecule has 1 aromatic heterocycles. The minimum absolute atomic E-state index is 0.387. The Hall–Kier alpha value is -0.330. The first-order valence-electron chi connectivity index (χ1n) is 4.15. The van der Waals surface area contributed by atoms with Crippen molar-refractivity contribution in [3.05, 3.63) is 30.5 Å². The quantitative estimate of drug-likeness (QED) is 0.815. The molecule has 0 atom stereocenters. The smallest absolute Gasteiger partial charge is 0.401 e. The maximum atomic E-state index is 11.7. The summed E-state index contributed by atoms with van der Waals surface area (Å²) in [4.78, 5) is 2.97. The van der Waals surface area contributed by atoms with Crippen molar-refractivity contribution in [3.63, 3.8) is 0 Å². The maximum absolute atomic E-state index is 11.7. The molecule has 5 nitrogen and oxygen atoms in total. The number of fused-ring (bicyclic) bond motifs is 1.